The molecule has 0 N–H and O–H groups in total. The van der Waals surface area contributed by atoms with E-state index < -0.39 is 15.3 Å². The molecule has 2 aromatic rings. The first-order chi connectivity index (χ1) is 16.5. The number of methoxy groups -OCH3 is 2. The van der Waals surface area contributed by atoms with Gasteiger partial charge in [0, 0.05) is 32.7 Å². The van der Waals surface area contributed by atoms with Gasteiger partial charge in [-0.15, -0.1) is 6.58 Å². The zero-order chi connectivity index (χ0) is 24.4. The number of morpholine rings is 1. The topological polar surface area (TPSA) is 68.3 Å². The molecule has 3 rings (SSSR count). The van der Waals surface area contributed by atoms with E-state index in [2.05, 4.69) is 11.5 Å². The number of benzene rings is 2. The maximum atomic E-state index is 14.0. The van der Waals surface area contributed by atoms with E-state index in [1.807, 2.05) is 48.5 Å². The maximum Gasteiger partial charge on any atom is 0.218 e. The Balaban J connectivity index is 1.88. The molecule has 0 aliphatic carbocycles. The van der Waals surface area contributed by atoms with Gasteiger partial charge in [0.15, 0.2) is 0 Å². The van der Waals surface area contributed by atoms with E-state index in [-0.39, 0.29) is 13.1 Å². The van der Waals surface area contributed by atoms with E-state index in [9.17, 15) is 8.42 Å². The van der Waals surface area contributed by atoms with Gasteiger partial charge in [-0.25, -0.2) is 8.42 Å². The molecule has 186 valence electrons. The lowest BCUT2D eigenvalue weighted by atomic mass is 10.2. The highest BCUT2D eigenvalue weighted by atomic mass is 32.2. The molecule has 0 saturated carbocycles. The molecule has 1 fully saturated rings. The van der Waals surface area contributed by atoms with Crippen LogP contribution in [0.1, 0.15) is 24.0 Å². The molecule has 2 aromatic carbocycles. The summed E-state index contributed by atoms with van der Waals surface area (Å²) in [5.74, 6) is 1.48. The summed E-state index contributed by atoms with van der Waals surface area (Å²) in [6, 6.07) is 15.1. The van der Waals surface area contributed by atoms with Gasteiger partial charge in [-0.2, -0.15) is 4.31 Å². The molecule has 0 radical (unpaired) electrons. The van der Waals surface area contributed by atoms with Crippen molar-refractivity contribution in [1.82, 2.24) is 9.21 Å². The molecule has 8 heteroatoms. The van der Waals surface area contributed by atoms with E-state index in [1.165, 1.54) is 0 Å². The van der Waals surface area contributed by atoms with E-state index in [0.29, 0.717) is 32.6 Å². The van der Waals surface area contributed by atoms with Gasteiger partial charge in [-0.05, 0) is 48.2 Å². The summed E-state index contributed by atoms with van der Waals surface area (Å²) in [4.78, 5) is 2.19. The molecule has 34 heavy (non-hydrogen) atoms. The van der Waals surface area contributed by atoms with Crippen LogP contribution in [0.3, 0.4) is 0 Å². The third-order valence-electron chi connectivity index (χ3n) is 6.08. The monoisotopic (exact) mass is 488 g/mol. The highest BCUT2D eigenvalue weighted by Crippen LogP contribution is 2.24. The predicted molar refractivity (Wildman–Crippen MR) is 135 cm³/mol. The first kappa shape index (κ1) is 26.2. The number of allylic oxidation sites excluding steroid dienone is 1. The maximum absolute atomic E-state index is 14.0. The minimum absolute atomic E-state index is 0.284. The fraction of sp³-hybridized carbons (Fsp3) is 0.462. The molecule has 1 atom stereocenters. The van der Waals surface area contributed by atoms with Gasteiger partial charge in [0.2, 0.25) is 10.0 Å². The van der Waals surface area contributed by atoms with Gasteiger partial charge in [0.25, 0.3) is 0 Å². The Morgan fingerprint density at radius 1 is 0.971 bits per heavy atom. The number of nitrogens with zero attached hydrogens (tertiary/aromatic N) is 2. The second-order valence-corrected chi connectivity index (χ2v) is 10.6. The summed E-state index contributed by atoms with van der Waals surface area (Å²) in [5.41, 5.74) is 1.82. The van der Waals surface area contributed by atoms with Gasteiger partial charge in [0.05, 0.1) is 32.7 Å². The first-order valence-electron chi connectivity index (χ1n) is 11.6. The minimum atomic E-state index is -3.62. The van der Waals surface area contributed by atoms with Crippen LogP contribution in [0, 0.1) is 0 Å². The highest BCUT2D eigenvalue weighted by Gasteiger charge is 2.33. The average Bonchev–Trinajstić information content (AvgIpc) is 2.87. The molecule has 1 aliphatic rings. The lowest BCUT2D eigenvalue weighted by Crippen LogP contribution is -2.47. The summed E-state index contributed by atoms with van der Waals surface area (Å²) in [7, 11) is -0.389. The number of hydrogen-bond donors (Lipinski definition) is 0. The predicted octanol–water partition coefficient (Wildman–Crippen LogP) is 3.70. The molecule has 1 aliphatic heterocycles. The van der Waals surface area contributed by atoms with Crippen molar-refractivity contribution in [2.24, 2.45) is 0 Å². The standard InChI is InChI=1S/C26H36N2O5S/c1-4-5-6-26(21-27-15-17-33-18-16-27)34(29,30)28(19-22-7-11-24(31-2)12-8-22)20-23-9-13-25(32-3)14-10-23/h4,7-14,26H,1,5-6,15-21H2,2-3H3. The Labute approximate surface area is 204 Å². The van der Waals surface area contributed by atoms with Crippen molar-refractivity contribution in [2.75, 3.05) is 47.1 Å². The summed E-state index contributed by atoms with van der Waals surface area (Å²) < 4.78 is 45.7. The van der Waals surface area contributed by atoms with Gasteiger partial charge in [0.1, 0.15) is 11.5 Å². The Bertz CT molecular complexity index is 937. The zero-order valence-corrected chi connectivity index (χ0v) is 21.0. The third-order valence-corrected chi connectivity index (χ3v) is 8.28. The van der Waals surface area contributed by atoms with Crippen molar-refractivity contribution in [1.29, 1.82) is 0 Å². The molecule has 0 amide bonds. The Kier molecular flexibility index (Phi) is 9.95. The van der Waals surface area contributed by atoms with Crippen molar-refractivity contribution in [3.8, 4) is 11.5 Å². The molecular weight excluding hydrogens is 452 g/mol. The van der Waals surface area contributed by atoms with Crippen LogP contribution >= 0.6 is 0 Å². The highest BCUT2D eigenvalue weighted by molar-refractivity contribution is 7.89. The Morgan fingerprint density at radius 2 is 1.47 bits per heavy atom. The summed E-state index contributed by atoms with van der Waals surface area (Å²) in [6.45, 7) is 7.63. The first-order valence-corrected chi connectivity index (χ1v) is 13.1. The zero-order valence-electron chi connectivity index (χ0n) is 20.2. The lowest BCUT2D eigenvalue weighted by molar-refractivity contribution is 0.0374. The quantitative estimate of drug-likeness (QED) is 0.401. The average molecular weight is 489 g/mol. The summed E-state index contributed by atoms with van der Waals surface area (Å²) in [5, 5.41) is -0.528. The van der Waals surface area contributed by atoms with Crippen molar-refractivity contribution < 1.29 is 22.6 Å². The number of rotatable bonds is 13. The molecule has 7 nitrogen and oxygen atoms in total. The summed E-state index contributed by atoms with van der Waals surface area (Å²) in [6.07, 6.45) is 2.97. The number of ether oxygens (including phenoxy) is 3. The van der Waals surface area contributed by atoms with E-state index >= 15 is 0 Å². The van der Waals surface area contributed by atoms with Gasteiger partial charge >= 0.3 is 0 Å². The van der Waals surface area contributed by atoms with Gasteiger partial charge in [-0.1, -0.05) is 30.3 Å². The molecule has 1 heterocycles. The second kappa shape index (κ2) is 12.9. The molecule has 1 unspecified atom stereocenters. The van der Waals surface area contributed by atoms with Crippen molar-refractivity contribution >= 4 is 10.0 Å². The fourth-order valence-corrected chi connectivity index (χ4v) is 5.94. The minimum Gasteiger partial charge on any atom is -0.497 e. The van der Waals surface area contributed by atoms with Crippen LogP contribution in [0.15, 0.2) is 61.2 Å². The summed E-state index contributed by atoms with van der Waals surface area (Å²) >= 11 is 0. The third kappa shape index (κ3) is 7.30. The molecule has 0 bridgehead atoms. The van der Waals surface area contributed by atoms with E-state index in [0.717, 1.165) is 35.7 Å². The molecule has 0 aromatic heterocycles. The second-order valence-electron chi connectivity index (χ2n) is 8.41. The van der Waals surface area contributed by atoms with Crippen molar-refractivity contribution in [3.05, 3.63) is 72.3 Å². The Hall–Kier alpha value is -2.39. The van der Waals surface area contributed by atoms with Gasteiger partial charge < -0.3 is 14.2 Å². The van der Waals surface area contributed by atoms with Crippen LogP contribution in [0.4, 0.5) is 0 Å². The SMILES string of the molecule is C=CCCC(CN1CCOCC1)S(=O)(=O)N(Cc1ccc(OC)cc1)Cc1ccc(OC)cc1. The van der Waals surface area contributed by atoms with Crippen molar-refractivity contribution in [3.63, 3.8) is 0 Å². The number of hydrogen-bond acceptors (Lipinski definition) is 6. The molecule has 1 saturated heterocycles. The van der Waals surface area contributed by atoms with E-state index in [4.69, 9.17) is 14.2 Å². The number of sulfonamides is 1. The smallest absolute Gasteiger partial charge is 0.218 e. The van der Waals surface area contributed by atoms with Crippen molar-refractivity contribution in [2.45, 2.75) is 31.2 Å². The molecule has 0 spiro atoms. The van der Waals surface area contributed by atoms with Crippen LogP contribution in [-0.4, -0.2) is 69.9 Å². The van der Waals surface area contributed by atoms with Crippen LogP contribution in [0.25, 0.3) is 0 Å². The Morgan fingerprint density at radius 3 is 1.91 bits per heavy atom. The fourth-order valence-electron chi connectivity index (χ4n) is 4.03. The van der Waals surface area contributed by atoms with Crippen LogP contribution in [-0.2, 0) is 27.8 Å². The van der Waals surface area contributed by atoms with E-state index in [1.54, 1.807) is 24.6 Å². The lowest BCUT2D eigenvalue weighted by Gasteiger charge is -2.33. The van der Waals surface area contributed by atoms with Gasteiger partial charge in [-0.3, -0.25) is 4.90 Å². The van der Waals surface area contributed by atoms with Crippen LogP contribution < -0.4 is 9.47 Å². The van der Waals surface area contributed by atoms with Crippen LogP contribution in [0.5, 0.6) is 11.5 Å². The normalized spacial score (nSPS) is 15.7. The largest absolute Gasteiger partial charge is 0.497 e. The van der Waals surface area contributed by atoms with Crippen LogP contribution in [0.2, 0.25) is 0 Å². The molecular formula is C26H36N2O5S.